The van der Waals surface area contributed by atoms with Crippen molar-refractivity contribution in [3.63, 3.8) is 0 Å². The molecule has 0 spiro atoms. The first kappa shape index (κ1) is 15.9. The zero-order valence-corrected chi connectivity index (χ0v) is 14.2. The maximum atomic E-state index is 6.27. The Kier molecular flexibility index (Phi) is 5.58. The van der Waals surface area contributed by atoms with Gasteiger partial charge in [-0.1, -0.05) is 11.6 Å². The van der Waals surface area contributed by atoms with Gasteiger partial charge in [0, 0.05) is 37.1 Å². The summed E-state index contributed by atoms with van der Waals surface area (Å²) >= 11 is 8.30. The summed E-state index contributed by atoms with van der Waals surface area (Å²) in [5, 5.41) is 4.23. The zero-order valence-electron chi connectivity index (χ0n) is 12.6. The van der Waals surface area contributed by atoms with Gasteiger partial charge in [0.05, 0.1) is 5.02 Å². The molecule has 1 saturated heterocycles. The predicted molar refractivity (Wildman–Crippen MR) is 90.0 cm³/mol. The third kappa shape index (κ3) is 4.83. The Hall–Kier alpha value is -0.450. The Morgan fingerprint density at radius 3 is 2.90 bits per heavy atom. The van der Waals surface area contributed by atoms with Crippen molar-refractivity contribution in [2.75, 3.05) is 29.5 Å². The summed E-state index contributed by atoms with van der Waals surface area (Å²) in [5.41, 5.74) is 1.22. The van der Waals surface area contributed by atoms with Gasteiger partial charge in [0.1, 0.15) is 5.82 Å². The van der Waals surface area contributed by atoms with Crippen molar-refractivity contribution in [2.24, 2.45) is 0 Å². The molecule has 1 aliphatic rings. The molecule has 0 unspecified atom stereocenters. The van der Waals surface area contributed by atoms with E-state index < -0.39 is 0 Å². The summed E-state index contributed by atoms with van der Waals surface area (Å²) in [6, 6.07) is 2.14. The molecule has 2 heterocycles. The largest absolute Gasteiger partial charge is 0.356 e. The van der Waals surface area contributed by atoms with Crippen LogP contribution in [0.2, 0.25) is 5.02 Å². The maximum Gasteiger partial charge on any atom is 0.128 e. The highest BCUT2D eigenvalue weighted by molar-refractivity contribution is 7.99. The third-order valence-electron chi connectivity index (χ3n) is 3.28. The van der Waals surface area contributed by atoms with Crippen molar-refractivity contribution in [3.05, 3.63) is 22.8 Å². The molecular formula is C15H24ClN3S. The highest BCUT2D eigenvalue weighted by Crippen LogP contribution is 2.23. The number of anilines is 1. The normalized spacial score (nSPS) is 17.1. The van der Waals surface area contributed by atoms with Crippen molar-refractivity contribution in [1.82, 2.24) is 10.3 Å². The minimum atomic E-state index is 0.0893. The fourth-order valence-corrected chi connectivity index (χ4v) is 3.17. The van der Waals surface area contributed by atoms with Gasteiger partial charge >= 0.3 is 0 Å². The average molecular weight is 314 g/mol. The quantitative estimate of drug-likeness (QED) is 0.923. The predicted octanol–water partition coefficient (Wildman–Crippen LogP) is 3.57. The second-order valence-electron chi connectivity index (χ2n) is 6.19. The molecule has 1 aromatic rings. The lowest BCUT2D eigenvalue weighted by molar-refractivity contribution is 0.424. The summed E-state index contributed by atoms with van der Waals surface area (Å²) in [4.78, 5) is 6.88. The van der Waals surface area contributed by atoms with Gasteiger partial charge in [-0.05, 0) is 44.6 Å². The fraction of sp³-hybridized carbons (Fsp3) is 0.667. The van der Waals surface area contributed by atoms with E-state index in [2.05, 4.69) is 42.0 Å². The Bertz CT molecular complexity index is 437. The minimum Gasteiger partial charge on any atom is -0.356 e. The Labute approximate surface area is 131 Å². The summed E-state index contributed by atoms with van der Waals surface area (Å²) in [5.74, 6) is 3.49. The van der Waals surface area contributed by atoms with Crippen molar-refractivity contribution in [1.29, 1.82) is 0 Å². The number of thioether (sulfide) groups is 1. The van der Waals surface area contributed by atoms with Crippen LogP contribution in [0.5, 0.6) is 0 Å². The van der Waals surface area contributed by atoms with Crippen molar-refractivity contribution in [2.45, 2.75) is 39.3 Å². The van der Waals surface area contributed by atoms with Gasteiger partial charge in [-0.2, -0.15) is 11.8 Å². The third-order valence-corrected chi connectivity index (χ3v) is 4.66. The first-order chi connectivity index (χ1) is 9.46. The summed E-state index contributed by atoms with van der Waals surface area (Å²) in [6.45, 7) is 9.43. The molecule has 0 radical (unpaired) electrons. The second kappa shape index (κ2) is 7.01. The van der Waals surface area contributed by atoms with E-state index >= 15 is 0 Å². The SMILES string of the molecule is CC(C)(C)NCc1cc(N2CCCSCC2)ncc1Cl. The molecule has 112 valence electrons. The molecule has 0 aliphatic carbocycles. The summed E-state index contributed by atoms with van der Waals surface area (Å²) in [6.07, 6.45) is 3.01. The van der Waals surface area contributed by atoms with E-state index in [4.69, 9.17) is 11.6 Å². The van der Waals surface area contributed by atoms with Gasteiger partial charge in [-0.25, -0.2) is 4.98 Å². The molecule has 0 atom stereocenters. The van der Waals surface area contributed by atoms with Crippen LogP contribution < -0.4 is 10.2 Å². The number of nitrogens with zero attached hydrogens (tertiary/aromatic N) is 2. The number of hydrogen-bond donors (Lipinski definition) is 1. The van der Waals surface area contributed by atoms with Crippen LogP contribution in [0.1, 0.15) is 32.8 Å². The molecule has 20 heavy (non-hydrogen) atoms. The lowest BCUT2D eigenvalue weighted by Crippen LogP contribution is -2.35. The Morgan fingerprint density at radius 1 is 1.35 bits per heavy atom. The Morgan fingerprint density at radius 2 is 2.15 bits per heavy atom. The zero-order chi connectivity index (χ0) is 14.6. The standard InChI is InChI=1S/C15H24ClN3S/c1-15(2,3)18-10-12-9-14(17-11-13(12)16)19-5-4-7-20-8-6-19/h9,11,18H,4-8,10H2,1-3H3. The number of nitrogens with one attached hydrogen (secondary N) is 1. The molecule has 0 aromatic carbocycles. The molecule has 1 aromatic heterocycles. The second-order valence-corrected chi connectivity index (χ2v) is 7.82. The summed E-state index contributed by atoms with van der Waals surface area (Å²) < 4.78 is 0. The lowest BCUT2D eigenvalue weighted by atomic mass is 10.1. The molecule has 3 nitrogen and oxygen atoms in total. The molecule has 0 amide bonds. The van der Waals surface area contributed by atoms with Gasteiger partial charge in [0.15, 0.2) is 0 Å². The molecule has 5 heteroatoms. The highest BCUT2D eigenvalue weighted by atomic mass is 35.5. The van der Waals surface area contributed by atoms with Crippen LogP contribution in [0, 0.1) is 0 Å². The first-order valence-corrected chi connectivity index (χ1v) is 8.71. The topological polar surface area (TPSA) is 28.2 Å². The molecule has 0 saturated carbocycles. The van der Waals surface area contributed by atoms with E-state index in [0.717, 1.165) is 36.0 Å². The minimum absolute atomic E-state index is 0.0893. The average Bonchev–Trinajstić information content (AvgIpc) is 2.66. The van der Waals surface area contributed by atoms with Gasteiger partial charge in [0.25, 0.3) is 0 Å². The van der Waals surface area contributed by atoms with Gasteiger partial charge in [0.2, 0.25) is 0 Å². The van der Waals surface area contributed by atoms with Gasteiger partial charge in [-0.3, -0.25) is 0 Å². The number of hydrogen-bond acceptors (Lipinski definition) is 4. The van der Waals surface area contributed by atoms with E-state index in [1.165, 1.54) is 17.9 Å². The molecular weight excluding hydrogens is 290 g/mol. The van der Waals surface area contributed by atoms with Crippen molar-refractivity contribution < 1.29 is 0 Å². The number of aromatic nitrogens is 1. The number of halogens is 1. The van der Waals surface area contributed by atoms with E-state index in [-0.39, 0.29) is 5.54 Å². The van der Waals surface area contributed by atoms with Gasteiger partial charge in [-0.15, -0.1) is 0 Å². The summed E-state index contributed by atoms with van der Waals surface area (Å²) in [7, 11) is 0. The van der Waals surface area contributed by atoms with E-state index in [1.54, 1.807) is 6.20 Å². The van der Waals surface area contributed by atoms with Gasteiger partial charge < -0.3 is 10.2 Å². The van der Waals surface area contributed by atoms with Crippen LogP contribution in [0.15, 0.2) is 12.3 Å². The van der Waals surface area contributed by atoms with Crippen LogP contribution in [-0.2, 0) is 6.54 Å². The van der Waals surface area contributed by atoms with Crippen LogP contribution in [0.4, 0.5) is 5.82 Å². The first-order valence-electron chi connectivity index (χ1n) is 7.18. The molecule has 0 bridgehead atoms. The fourth-order valence-electron chi connectivity index (χ4n) is 2.11. The van der Waals surface area contributed by atoms with Crippen LogP contribution in [0.3, 0.4) is 0 Å². The molecule has 1 aliphatic heterocycles. The van der Waals surface area contributed by atoms with E-state index in [1.807, 2.05) is 11.8 Å². The number of rotatable bonds is 3. The maximum absolute atomic E-state index is 6.27. The van der Waals surface area contributed by atoms with Crippen molar-refractivity contribution in [3.8, 4) is 0 Å². The molecule has 1 fully saturated rings. The smallest absolute Gasteiger partial charge is 0.128 e. The van der Waals surface area contributed by atoms with E-state index in [9.17, 15) is 0 Å². The van der Waals surface area contributed by atoms with Crippen molar-refractivity contribution >= 4 is 29.2 Å². The molecule has 1 N–H and O–H groups in total. The monoisotopic (exact) mass is 313 g/mol. The van der Waals surface area contributed by atoms with Crippen LogP contribution >= 0.6 is 23.4 Å². The highest BCUT2D eigenvalue weighted by Gasteiger charge is 2.14. The number of pyridine rings is 1. The van der Waals surface area contributed by atoms with Crippen LogP contribution in [0.25, 0.3) is 0 Å². The van der Waals surface area contributed by atoms with E-state index in [0.29, 0.717) is 0 Å². The van der Waals surface area contributed by atoms with Crippen LogP contribution in [-0.4, -0.2) is 35.1 Å². The Balaban J connectivity index is 2.10. The molecule has 2 rings (SSSR count). The lowest BCUT2D eigenvalue weighted by Gasteiger charge is -2.24.